The molecule has 1 saturated heterocycles. The zero-order valence-corrected chi connectivity index (χ0v) is 21.6. The number of methoxy groups -OCH3 is 1. The first-order valence-electron chi connectivity index (χ1n) is 12.5. The number of H-pyrrole nitrogens is 1. The number of benzene rings is 2. The van der Waals surface area contributed by atoms with E-state index in [4.69, 9.17) is 18.6 Å². The van der Waals surface area contributed by atoms with E-state index in [-0.39, 0.29) is 24.0 Å². The molecule has 0 radical (unpaired) electrons. The molecule has 4 aromatic rings. The van der Waals surface area contributed by atoms with Crippen LogP contribution >= 0.6 is 0 Å². The maximum atomic E-state index is 13.8. The molecular weight excluding hydrogens is 540 g/mol. The zero-order chi connectivity index (χ0) is 28.6. The fraction of sp³-hybridized carbons (Fsp3) is 0.423. The van der Waals surface area contributed by atoms with Crippen molar-refractivity contribution in [3.05, 3.63) is 52.5 Å². The molecule has 40 heavy (non-hydrogen) atoms. The summed E-state index contributed by atoms with van der Waals surface area (Å²) in [5.41, 5.74) is 1.31. The first-order valence-corrected chi connectivity index (χ1v) is 12.5. The molecule has 214 valence electrons. The number of likely N-dealkylation sites (tertiary alicyclic amines) is 1. The lowest BCUT2D eigenvalue weighted by Gasteiger charge is -2.34. The summed E-state index contributed by atoms with van der Waals surface area (Å²) >= 11 is 0. The molecule has 14 heteroatoms. The number of ether oxygens (including phenoxy) is 3. The third-order valence-corrected chi connectivity index (χ3v) is 6.77. The Labute approximate surface area is 224 Å². The van der Waals surface area contributed by atoms with Gasteiger partial charge in [0.25, 0.3) is 0 Å². The Kier molecular flexibility index (Phi) is 7.45. The summed E-state index contributed by atoms with van der Waals surface area (Å²) in [6.07, 6.45) is -5.51. The van der Waals surface area contributed by atoms with Gasteiger partial charge < -0.3 is 23.6 Å². The van der Waals surface area contributed by atoms with E-state index < -0.39 is 30.7 Å². The van der Waals surface area contributed by atoms with Crippen molar-refractivity contribution in [2.75, 3.05) is 33.4 Å². The van der Waals surface area contributed by atoms with Gasteiger partial charge in [-0.05, 0) is 31.0 Å². The third kappa shape index (κ3) is 5.76. The normalized spacial score (nSPS) is 15.9. The van der Waals surface area contributed by atoms with Gasteiger partial charge >= 0.3 is 17.8 Å². The number of aromatic amines is 1. The number of fused-ring (bicyclic) bond motifs is 2. The van der Waals surface area contributed by atoms with Crippen molar-refractivity contribution in [2.24, 2.45) is 0 Å². The molecule has 10 nitrogen and oxygen atoms in total. The number of aryl methyl sites for hydroxylation is 1. The van der Waals surface area contributed by atoms with Crippen molar-refractivity contribution in [2.45, 2.75) is 38.1 Å². The van der Waals surface area contributed by atoms with Crippen molar-refractivity contribution >= 4 is 28.1 Å². The minimum atomic E-state index is -5.18. The Bertz CT molecular complexity index is 1590. The predicted molar refractivity (Wildman–Crippen MR) is 134 cm³/mol. The molecule has 2 aromatic heterocycles. The van der Waals surface area contributed by atoms with Crippen LogP contribution in [0.4, 0.5) is 17.6 Å². The van der Waals surface area contributed by atoms with Crippen molar-refractivity contribution in [3.8, 4) is 11.5 Å². The van der Waals surface area contributed by atoms with Crippen molar-refractivity contribution in [1.29, 1.82) is 0 Å². The second-order valence-electron chi connectivity index (χ2n) is 9.53. The molecule has 0 amide bonds. The number of carbonyl (C=O) groups excluding carboxylic acids is 1. The van der Waals surface area contributed by atoms with Gasteiger partial charge in [0.1, 0.15) is 24.3 Å². The fourth-order valence-electron chi connectivity index (χ4n) is 4.94. The second-order valence-corrected chi connectivity index (χ2v) is 9.53. The van der Waals surface area contributed by atoms with Crippen LogP contribution in [0.15, 0.2) is 39.5 Å². The highest BCUT2D eigenvalue weighted by Gasteiger charge is 2.42. The lowest BCUT2D eigenvalue weighted by Crippen LogP contribution is -2.44. The molecule has 1 atom stereocenters. The molecule has 1 N–H and O–H groups in total. The number of rotatable bonds is 8. The van der Waals surface area contributed by atoms with E-state index in [0.29, 0.717) is 59.7 Å². The van der Waals surface area contributed by atoms with Gasteiger partial charge in [-0.3, -0.25) is 9.47 Å². The Hall–Kier alpha value is -4.07. The number of esters is 1. The number of halogens is 4. The Morgan fingerprint density at radius 3 is 2.67 bits per heavy atom. The van der Waals surface area contributed by atoms with E-state index in [2.05, 4.69) is 9.97 Å². The van der Waals surface area contributed by atoms with Crippen LogP contribution in [0, 0.1) is 12.7 Å². The maximum Gasteiger partial charge on any atom is 0.490 e. The van der Waals surface area contributed by atoms with Crippen LogP contribution in [0.5, 0.6) is 11.5 Å². The number of oxazole rings is 1. The molecule has 0 aliphatic carbocycles. The first kappa shape index (κ1) is 27.5. The minimum Gasteiger partial charge on any atom is -0.496 e. The highest BCUT2D eigenvalue weighted by Crippen LogP contribution is 2.32. The van der Waals surface area contributed by atoms with Crippen LogP contribution in [0.25, 0.3) is 22.1 Å². The van der Waals surface area contributed by atoms with Gasteiger partial charge in [-0.1, -0.05) is 0 Å². The summed E-state index contributed by atoms with van der Waals surface area (Å²) in [7, 11) is 1.44. The topological polar surface area (TPSA) is 112 Å². The quantitative estimate of drug-likeness (QED) is 0.251. The number of carbonyl (C=O) groups is 1. The van der Waals surface area contributed by atoms with E-state index in [9.17, 15) is 27.2 Å². The van der Waals surface area contributed by atoms with Gasteiger partial charge in [0.15, 0.2) is 22.7 Å². The summed E-state index contributed by atoms with van der Waals surface area (Å²) in [5.74, 6) is -1.86. The first-order chi connectivity index (χ1) is 19.0. The largest absolute Gasteiger partial charge is 0.496 e. The molecule has 5 rings (SSSR count). The summed E-state index contributed by atoms with van der Waals surface area (Å²) < 4.78 is 75.8. The van der Waals surface area contributed by atoms with Crippen molar-refractivity contribution in [3.63, 3.8) is 0 Å². The summed E-state index contributed by atoms with van der Waals surface area (Å²) in [5, 5.41) is 0. The molecule has 2 aromatic carbocycles. The Balaban J connectivity index is 1.30. The smallest absolute Gasteiger partial charge is 0.490 e. The van der Waals surface area contributed by atoms with E-state index in [0.717, 1.165) is 0 Å². The number of piperidine rings is 1. The summed E-state index contributed by atoms with van der Waals surface area (Å²) in [4.78, 5) is 33.0. The zero-order valence-electron chi connectivity index (χ0n) is 21.6. The summed E-state index contributed by atoms with van der Waals surface area (Å²) in [6, 6.07) is 6.91. The average molecular weight is 567 g/mol. The van der Waals surface area contributed by atoms with Crippen LogP contribution in [-0.2, 0) is 9.53 Å². The van der Waals surface area contributed by atoms with E-state index in [1.807, 2.05) is 4.90 Å². The lowest BCUT2D eigenvalue weighted by atomic mass is 10.0. The number of hydrogen-bond acceptors (Lipinski definition) is 8. The standard InChI is InChI=1S/C26H26F4N4O6/c1-14-31-23-21(10-17(37-2)11-22(23)39-14)38-13-18(40-24(35)26(28,29)30)12-33-7-5-16(6-8-33)34-20-9-15(27)3-4-19(20)32-25(34)36/h3-4,9-11,16,18H,5-8,12-13H2,1-2H3,(H,32,36)/t18-/m0/s1. The number of nitrogens with zero attached hydrogens (tertiary/aromatic N) is 3. The minimum absolute atomic E-state index is 0.0447. The molecule has 3 heterocycles. The number of aromatic nitrogens is 3. The van der Waals surface area contributed by atoms with Crippen LogP contribution in [0.2, 0.25) is 0 Å². The Morgan fingerprint density at radius 1 is 1.23 bits per heavy atom. The second kappa shape index (κ2) is 10.8. The van der Waals surface area contributed by atoms with Gasteiger partial charge in [0.05, 0.1) is 18.1 Å². The monoisotopic (exact) mass is 566 g/mol. The molecule has 0 unspecified atom stereocenters. The lowest BCUT2D eigenvalue weighted by molar-refractivity contribution is -0.206. The van der Waals surface area contributed by atoms with Gasteiger partial charge in [-0.15, -0.1) is 0 Å². The molecule has 0 bridgehead atoms. The van der Waals surface area contributed by atoms with Crippen molar-refractivity contribution in [1.82, 2.24) is 19.4 Å². The molecular formula is C26H26F4N4O6. The molecule has 0 spiro atoms. The predicted octanol–water partition coefficient (Wildman–Crippen LogP) is 4.12. The van der Waals surface area contributed by atoms with Gasteiger partial charge in [0, 0.05) is 44.7 Å². The van der Waals surface area contributed by atoms with E-state index in [1.165, 1.54) is 35.9 Å². The van der Waals surface area contributed by atoms with Gasteiger partial charge in [0.2, 0.25) is 0 Å². The number of hydrogen-bond donors (Lipinski definition) is 1. The molecule has 0 saturated carbocycles. The highest BCUT2D eigenvalue weighted by molar-refractivity contribution is 5.81. The van der Waals surface area contributed by atoms with E-state index in [1.54, 1.807) is 13.0 Å². The number of imidazole rings is 1. The van der Waals surface area contributed by atoms with Crippen LogP contribution in [0.3, 0.4) is 0 Å². The van der Waals surface area contributed by atoms with Crippen LogP contribution in [0.1, 0.15) is 24.8 Å². The van der Waals surface area contributed by atoms with Crippen molar-refractivity contribution < 1.29 is 41.0 Å². The number of nitrogens with one attached hydrogen (secondary N) is 1. The van der Waals surface area contributed by atoms with Crippen LogP contribution < -0.4 is 15.2 Å². The molecule has 1 aliphatic heterocycles. The van der Waals surface area contributed by atoms with Gasteiger partial charge in [-0.2, -0.15) is 13.2 Å². The summed E-state index contributed by atoms with van der Waals surface area (Å²) in [6.45, 7) is 1.98. The van der Waals surface area contributed by atoms with E-state index >= 15 is 0 Å². The molecule has 1 aliphatic rings. The van der Waals surface area contributed by atoms with Gasteiger partial charge in [-0.25, -0.2) is 19.0 Å². The number of alkyl halides is 3. The fourth-order valence-corrected chi connectivity index (χ4v) is 4.94. The third-order valence-electron chi connectivity index (χ3n) is 6.77. The highest BCUT2D eigenvalue weighted by atomic mass is 19.4. The average Bonchev–Trinajstić information content (AvgIpc) is 3.44. The molecule has 1 fully saturated rings. The Morgan fingerprint density at radius 2 is 1.98 bits per heavy atom. The van der Waals surface area contributed by atoms with Crippen LogP contribution in [-0.4, -0.2) is 71.0 Å². The SMILES string of the molecule is COc1cc(OC[C@H](CN2CCC(n3c(=O)[nH]c4ccc(F)cc43)CC2)OC(=O)C(F)(F)F)c2nc(C)oc2c1. The maximum absolute atomic E-state index is 13.8.